The standard InChI is InChI=1S/C17H19NO3/c1-2-18(12-7-3-4-8-12)17(20)16-11-14(19)13-9-5-6-10-15(13)21-16/h5-6,9-12H,2-4,7-8H2,1H3. The minimum atomic E-state index is -0.174. The topological polar surface area (TPSA) is 50.5 Å². The quantitative estimate of drug-likeness (QED) is 0.870. The second-order valence-electron chi connectivity index (χ2n) is 5.50. The van der Waals surface area contributed by atoms with Crippen LogP contribution in [0.5, 0.6) is 0 Å². The summed E-state index contributed by atoms with van der Waals surface area (Å²) in [5, 5.41) is 0.512. The monoisotopic (exact) mass is 285 g/mol. The molecule has 0 spiro atoms. The smallest absolute Gasteiger partial charge is 0.289 e. The van der Waals surface area contributed by atoms with Crippen LogP contribution in [0.2, 0.25) is 0 Å². The Morgan fingerprint density at radius 1 is 1.29 bits per heavy atom. The van der Waals surface area contributed by atoms with Gasteiger partial charge in [-0.3, -0.25) is 9.59 Å². The Kier molecular flexibility index (Phi) is 3.78. The molecular formula is C17H19NO3. The van der Waals surface area contributed by atoms with E-state index >= 15 is 0 Å². The maximum atomic E-state index is 12.7. The summed E-state index contributed by atoms with van der Waals surface area (Å²) in [4.78, 5) is 26.6. The zero-order valence-electron chi connectivity index (χ0n) is 12.2. The molecule has 1 aliphatic rings. The summed E-state index contributed by atoms with van der Waals surface area (Å²) in [6.07, 6.45) is 4.40. The number of benzene rings is 1. The van der Waals surface area contributed by atoms with Gasteiger partial charge in [0, 0.05) is 18.7 Å². The molecule has 1 heterocycles. The predicted molar refractivity (Wildman–Crippen MR) is 81.5 cm³/mol. The third-order valence-electron chi connectivity index (χ3n) is 4.21. The first kappa shape index (κ1) is 13.9. The van der Waals surface area contributed by atoms with Crippen LogP contribution in [0.3, 0.4) is 0 Å². The van der Waals surface area contributed by atoms with Crippen molar-refractivity contribution >= 4 is 16.9 Å². The number of nitrogens with zero attached hydrogens (tertiary/aromatic N) is 1. The fourth-order valence-corrected chi connectivity index (χ4v) is 3.13. The van der Waals surface area contributed by atoms with Gasteiger partial charge in [-0.15, -0.1) is 0 Å². The molecule has 3 rings (SSSR count). The van der Waals surface area contributed by atoms with Gasteiger partial charge in [0.25, 0.3) is 5.91 Å². The summed E-state index contributed by atoms with van der Waals surface area (Å²) in [5.74, 6) is -0.0281. The maximum Gasteiger partial charge on any atom is 0.289 e. The maximum absolute atomic E-state index is 12.7. The van der Waals surface area contributed by atoms with Crippen molar-refractivity contribution in [3.63, 3.8) is 0 Å². The second-order valence-corrected chi connectivity index (χ2v) is 5.50. The van der Waals surface area contributed by atoms with Crippen molar-refractivity contribution in [1.29, 1.82) is 0 Å². The van der Waals surface area contributed by atoms with E-state index in [-0.39, 0.29) is 23.1 Å². The van der Waals surface area contributed by atoms with E-state index in [1.54, 1.807) is 24.3 Å². The molecule has 1 saturated carbocycles. The molecule has 4 heteroatoms. The number of carbonyl (C=O) groups excluding carboxylic acids is 1. The van der Waals surface area contributed by atoms with Crippen LogP contribution in [-0.4, -0.2) is 23.4 Å². The molecule has 4 nitrogen and oxygen atoms in total. The van der Waals surface area contributed by atoms with E-state index in [1.165, 1.54) is 6.07 Å². The van der Waals surface area contributed by atoms with Crippen LogP contribution in [0.4, 0.5) is 0 Å². The molecule has 1 fully saturated rings. The van der Waals surface area contributed by atoms with Crippen LogP contribution >= 0.6 is 0 Å². The summed E-state index contributed by atoms with van der Waals surface area (Å²) in [6.45, 7) is 2.61. The van der Waals surface area contributed by atoms with E-state index in [0.29, 0.717) is 17.5 Å². The van der Waals surface area contributed by atoms with Crippen molar-refractivity contribution in [1.82, 2.24) is 4.90 Å². The molecule has 0 saturated heterocycles. The molecule has 1 aromatic heterocycles. The van der Waals surface area contributed by atoms with E-state index in [4.69, 9.17) is 4.42 Å². The summed E-state index contributed by atoms with van der Waals surface area (Å²) in [6, 6.07) is 8.62. The third kappa shape index (κ3) is 2.58. The Labute approximate surface area is 123 Å². The van der Waals surface area contributed by atoms with E-state index in [2.05, 4.69) is 0 Å². The van der Waals surface area contributed by atoms with Crippen molar-refractivity contribution in [3.05, 3.63) is 46.3 Å². The Bertz CT molecular complexity index is 713. The first-order valence-electron chi connectivity index (χ1n) is 7.54. The highest BCUT2D eigenvalue weighted by molar-refractivity contribution is 5.93. The van der Waals surface area contributed by atoms with Crippen molar-refractivity contribution < 1.29 is 9.21 Å². The highest BCUT2D eigenvalue weighted by Crippen LogP contribution is 2.25. The molecule has 110 valence electrons. The molecule has 0 N–H and O–H groups in total. The average molecular weight is 285 g/mol. The van der Waals surface area contributed by atoms with Crippen molar-refractivity contribution in [2.75, 3.05) is 6.54 Å². The molecule has 0 aliphatic heterocycles. The van der Waals surface area contributed by atoms with Gasteiger partial charge in [0.15, 0.2) is 11.2 Å². The number of hydrogen-bond acceptors (Lipinski definition) is 3. The lowest BCUT2D eigenvalue weighted by Crippen LogP contribution is -2.38. The first-order valence-corrected chi connectivity index (χ1v) is 7.54. The van der Waals surface area contributed by atoms with Crippen molar-refractivity contribution in [3.8, 4) is 0 Å². The van der Waals surface area contributed by atoms with E-state index in [9.17, 15) is 9.59 Å². The summed E-state index contributed by atoms with van der Waals surface area (Å²) >= 11 is 0. The molecule has 0 atom stereocenters. The summed E-state index contributed by atoms with van der Waals surface area (Å²) < 4.78 is 5.66. The lowest BCUT2D eigenvalue weighted by Gasteiger charge is -2.27. The van der Waals surface area contributed by atoms with Crippen LogP contribution in [0, 0.1) is 0 Å². The Hall–Kier alpha value is -2.10. The molecule has 0 unspecified atom stereocenters. The number of rotatable bonds is 3. The molecule has 1 aliphatic carbocycles. The molecule has 1 aromatic carbocycles. The van der Waals surface area contributed by atoms with Crippen LogP contribution in [-0.2, 0) is 0 Å². The number of fused-ring (bicyclic) bond motifs is 1. The number of amides is 1. The van der Waals surface area contributed by atoms with Crippen molar-refractivity contribution in [2.24, 2.45) is 0 Å². The fourth-order valence-electron chi connectivity index (χ4n) is 3.13. The summed E-state index contributed by atoms with van der Waals surface area (Å²) in [7, 11) is 0. The number of hydrogen-bond donors (Lipinski definition) is 0. The zero-order valence-corrected chi connectivity index (χ0v) is 12.2. The third-order valence-corrected chi connectivity index (χ3v) is 4.21. The minimum Gasteiger partial charge on any atom is -0.451 e. The van der Waals surface area contributed by atoms with Crippen LogP contribution < -0.4 is 5.43 Å². The number of para-hydroxylation sites is 1. The van der Waals surface area contributed by atoms with Gasteiger partial charge in [0.05, 0.1) is 5.39 Å². The molecule has 1 amide bonds. The highest BCUT2D eigenvalue weighted by atomic mass is 16.3. The first-order chi connectivity index (χ1) is 10.2. The minimum absolute atomic E-state index is 0.146. The van der Waals surface area contributed by atoms with Gasteiger partial charge in [-0.25, -0.2) is 0 Å². The lowest BCUT2D eigenvalue weighted by molar-refractivity contribution is 0.0661. The zero-order chi connectivity index (χ0) is 14.8. The van der Waals surface area contributed by atoms with Gasteiger partial charge in [0.2, 0.25) is 0 Å². The van der Waals surface area contributed by atoms with E-state index in [1.807, 2.05) is 11.8 Å². The Morgan fingerprint density at radius 2 is 2.00 bits per heavy atom. The van der Waals surface area contributed by atoms with Crippen molar-refractivity contribution in [2.45, 2.75) is 38.6 Å². The highest BCUT2D eigenvalue weighted by Gasteiger charge is 2.27. The lowest BCUT2D eigenvalue weighted by atomic mass is 10.1. The average Bonchev–Trinajstić information content (AvgIpc) is 3.02. The van der Waals surface area contributed by atoms with Gasteiger partial charge < -0.3 is 9.32 Å². The number of carbonyl (C=O) groups is 1. The van der Waals surface area contributed by atoms with Crippen LogP contribution in [0.15, 0.2) is 39.5 Å². The Morgan fingerprint density at radius 3 is 2.71 bits per heavy atom. The molecule has 21 heavy (non-hydrogen) atoms. The van der Waals surface area contributed by atoms with Gasteiger partial charge in [-0.05, 0) is 31.9 Å². The largest absolute Gasteiger partial charge is 0.451 e. The van der Waals surface area contributed by atoms with E-state index in [0.717, 1.165) is 25.7 Å². The Balaban J connectivity index is 1.98. The fraction of sp³-hybridized carbons (Fsp3) is 0.412. The second kappa shape index (κ2) is 5.72. The van der Waals surface area contributed by atoms with Gasteiger partial charge >= 0.3 is 0 Å². The molecule has 0 radical (unpaired) electrons. The molecule has 2 aromatic rings. The SMILES string of the molecule is CCN(C(=O)c1cc(=O)c2ccccc2o1)C1CCCC1. The van der Waals surface area contributed by atoms with Gasteiger partial charge in [-0.2, -0.15) is 0 Å². The van der Waals surface area contributed by atoms with Crippen LogP contribution in [0.25, 0.3) is 11.0 Å². The predicted octanol–water partition coefficient (Wildman–Crippen LogP) is 3.20. The molecule has 0 bridgehead atoms. The molecular weight excluding hydrogens is 266 g/mol. The van der Waals surface area contributed by atoms with E-state index < -0.39 is 0 Å². The summed E-state index contributed by atoms with van der Waals surface area (Å²) in [5.41, 5.74) is 0.304. The van der Waals surface area contributed by atoms with Crippen LogP contribution in [0.1, 0.15) is 43.2 Å². The normalized spacial score (nSPS) is 15.5. The van der Waals surface area contributed by atoms with Gasteiger partial charge in [-0.1, -0.05) is 25.0 Å². The van der Waals surface area contributed by atoms with Gasteiger partial charge in [0.1, 0.15) is 5.58 Å².